The maximum Gasteiger partial charge on any atom is 0.422 e. The van der Waals surface area contributed by atoms with Crippen LogP contribution in [0.5, 0.6) is 0 Å². The normalized spacial score (nSPS) is 21.1. The Labute approximate surface area is 161 Å². The predicted molar refractivity (Wildman–Crippen MR) is 90.0 cm³/mol. The molecule has 29 heavy (non-hydrogen) atoms. The van der Waals surface area contributed by atoms with Gasteiger partial charge in [-0.1, -0.05) is 24.3 Å². The molecule has 2 nitrogen and oxygen atoms in total. The van der Waals surface area contributed by atoms with Crippen LogP contribution in [0.1, 0.15) is 41.4 Å². The molecule has 1 saturated heterocycles. The lowest BCUT2D eigenvalue weighted by Crippen LogP contribution is -2.26. The van der Waals surface area contributed by atoms with E-state index in [-0.39, 0.29) is 30.3 Å². The average Bonchev–Trinajstić information content (AvgIpc) is 2.66. The molecule has 0 amide bonds. The van der Waals surface area contributed by atoms with E-state index in [1.807, 2.05) is 0 Å². The van der Waals surface area contributed by atoms with Crippen molar-refractivity contribution in [3.8, 4) is 0 Å². The third kappa shape index (κ3) is 4.62. The van der Waals surface area contributed by atoms with Gasteiger partial charge in [0.2, 0.25) is 0 Å². The SMILES string of the molecule is C/C(F)=C(\F)c1ccc(C2COC(c3cc(F)c(C(F)(F)F)c(F)c3)OC2)cc1. The van der Waals surface area contributed by atoms with Gasteiger partial charge in [-0.3, -0.25) is 0 Å². The van der Waals surface area contributed by atoms with Gasteiger partial charge < -0.3 is 9.47 Å². The zero-order chi connectivity index (χ0) is 21.3. The Morgan fingerprint density at radius 2 is 1.41 bits per heavy atom. The van der Waals surface area contributed by atoms with Crippen molar-refractivity contribution < 1.29 is 40.2 Å². The van der Waals surface area contributed by atoms with E-state index in [1.54, 1.807) is 12.1 Å². The van der Waals surface area contributed by atoms with E-state index in [1.165, 1.54) is 12.1 Å². The highest BCUT2D eigenvalue weighted by molar-refractivity contribution is 5.60. The highest BCUT2D eigenvalue weighted by Gasteiger charge is 2.38. The standard InChI is InChI=1S/C20H15F7O2/c1-10(21)18(24)12-4-2-11(3-5-12)14-8-28-19(29-9-14)13-6-15(22)17(16(23)7-13)20(25,26)27/h2-7,14,19H,8-9H2,1H3/b18-10+. The lowest BCUT2D eigenvalue weighted by atomic mass is 9.98. The summed E-state index contributed by atoms with van der Waals surface area (Å²) in [6, 6.07) is 6.96. The maximum absolute atomic E-state index is 13.7. The number of allylic oxidation sites excluding steroid dienone is 1. The molecule has 3 rings (SSSR count). The summed E-state index contributed by atoms with van der Waals surface area (Å²) in [6.45, 7) is 1.10. The van der Waals surface area contributed by atoms with Crippen molar-refractivity contribution in [2.24, 2.45) is 0 Å². The number of ether oxygens (including phenoxy) is 2. The summed E-state index contributed by atoms with van der Waals surface area (Å²) in [5.74, 6) is -5.73. The predicted octanol–water partition coefficient (Wildman–Crippen LogP) is 6.44. The second kappa shape index (κ2) is 8.16. The fourth-order valence-electron chi connectivity index (χ4n) is 2.99. The van der Waals surface area contributed by atoms with Crippen LogP contribution in [0, 0.1) is 11.6 Å². The topological polar surface area (TPSA) is 18.5 Å². The molecule has 0 bridgehead atoms. The molecule has 2 aromatic rings. The molecule has 1 fully saturated rings. The van der Waals surface area contributed by atoms with E-state index in [2.05, 4.69) is 0 Å². The van der Waals surface area contributed by atoms with Gasteiger partial charge in [0.25, 0.3) is 0 Å². The van der Waals surface area contributed by atoms with Crippen LogP contribution in [-0.2, 0) is 15.7 Å². The molecule has 0 N–H and O–H groups in total. The van der Waals surface area contributed by atoms with Gasteiger partial charge in [0.15, 0.2) is 12.1 Å². The summed E-state index contributed by atoms with van der Waals surface area (Å²) in [7, 11) is 0. The van der Waals surface area contributed by atoms with E-state index in [0.29, 0.717) is 17.7 Å². The molecule has 1 aliphatic rings. The van der Waals surface area contributed by atoms with E-state index < -0.39 is 41.3 Å². The van der Waals surface area contributed by atoms with E-state index in [9.17, 15) is 30.7 Å². The van der Waals surface area contributed by atoms with E-state index in [4.69, 9.17) is 9.47 Å². The Balaban J connectivity index is 1.70. The minimum absolute atomic E-state index is 0.0503. The lowest BCUT2D eigenvalue weighted by molar-refractivity contribution is -0.192. The zero-order valence-corrected chi connectivity index (χ0v) is 15.0. The molecule has 0 spiro atoms. The lowest BCUT2D eigenvalue weighted by Gasteiger charge is -2.30. The van der Waals surface area contributed by atoms with Crippen LogP contribution in [0.3, 0.4) is 0 Å². The van der Waals surface area contributed by atoms with Crippen LogP contribution in [-0.4, -0.2) is 13.2 Å². The number of alkyl halides is 3. The molecule has 156 valence electrons. The summed E-state index contributed by atoms with van der Waals surface area (Å²) in [5.41, 5.74) is -1.42. The third-order valence-electron chi connectivity index (χ3n) is 4.46. The Kier molecular flexibility index (Phi) is 6.00. The molecular weight excluding hydrogens is 405 g/mol. The maximum atomic E-state index is 13.7. The first-order valence-corrected chi connectivity index (χ1v) is 8.49. The van der Waals surface area contributed by atoms with Crippen molar-refractivity contribution in [1.82, 2.24) is 0 Å². The summed E-state index contributed by atoms with van der Waals surface area (Å²) >= 11 is 0. The van der Waals surface area contributed by atoms with Crippen molar-refractivity contribution >= 4 is 5.83 Å². The largest absolute Gasteiger partial charge is 0.422 e. The van der Waals surface area contributed by atoms with Crippen molar-refractivity contribution in [1.29, 1.82) is 0 Å². The minimum atomic E-state index is -5.16. The number of rotatable bonds is 3. The van der Waals surface area contributed by atoms with Gasteiger partial charge in [-0.25, -0.2) is 17.6 Å². The summed E-state index contributed by atoms with van der Waals surface area (Å²) < 4.78 is 103. The van der Waals surface area contributed by atoms with Gasteiger partial charge in [0.1, 0.15) is 23.0 Å². The Bertz CT molecular complexity index is 884. The molecule has 2 aromatic carbocycles. The minimum Gasteiger partial charge on any atom is -0.348 e. The second-order valence-electron chi connectivity index (χ2n) is 6.52. The van der Waals surface area contributed by atoms with E-state index in [0.717, 1.165) is 6.92 Å². The molecule has 0 aliphatic carbocycles. The monoisotopic (exact) mass is 420 g/mol. The fraction of sp³-hybridized carbons (Fsp3) is 0.300. The van der Waals surface area contributed by atoms with Crippen molar-refractivity contribution in [2.45, 2.75) is 25.3 Å². The van der Waals surface area contributed by atoms with Crippen LogP contribution in [0.2, 0.25) is 0 Å². The van der Waals surface area contributed by atoms with Gasteiger partial charge in [-0.15, -0.1) is 0 Å². The van der Waals surface area contributed by atoms with Gasteiger partial charge in [0.05, 0.1) is 13.2 Å². The molecular formula is C20H15F7O2. The summed E-state index contributed by atoms with van der Waals surface area (Å²) in [4.78, 5) is 0. The molecule has 1 aliphatic heterocycles. The molecule has 0 radical (unpaired) electrons. The molecule has 0 saturated carbocycles. The molecule has 0 aromatic heterocycles. The van der Waals surface area contributed by atoms with Crippen molar-refractivity contribution in [2.75, 3.05) is 13.2 Å². The van der Waals surface area contributed by atoms with Crippen molar-refractivity contribution in [3.63, 3.8) is 0 Å². The van der Waals surface area contributed by atoms with Crippen LogP contribution >= 0.6 is 0 Å². The smallest absolute Gasteiger partial charge is 0.348 e. The zero-order valence-electron chi connectivity index (χ0n) is 15.0. The highest BCUT2D eigenvalue weighted by Crippen LogP contribution is 2.37. The summed E-state index contributed by atoms with van der Waals surface area (Å²) in [5, 5.41) is 0. The number of hydrogen-bond acceptors (Lipinski definition) is 2. The number of hydrogen-bond donors (Lipinski definition) is 0. The van der Waals surface area contributed by atoms with Gasteiger partial charge >= 0.3 is 6.18 Å². The second-order valence-corrected chi connectivity index (χ2v) is 6.52. The van der Waals surface area contributed by atoms with Gasteiger partial charge in [0, 0.05) is 17.0 Å². The van der Waals surface area contributed by atoms with Crippen LogP contribution in [0.4, 0.5) is 30.7 Å². The highest BCUT2D eigenvalue weighted by atomic mass is 19.4. The summed E-state index contributed by atoms with van der Waals surface area (Å²) in [6.07, 6.45) is -6.39. The Morgan fingerprint density at radius 3 is 1.86 bits per heavy atom. The van der Waals surface area contributed by atoms with Gasteiger partial charge in [-0.2, -0.15) is 13.2 Å². The van der Waals surface area contributed by atoms with Crippen molar-refractivity contribution in [3.05, 3.63) is 76.1 Å². The van der Waals surface area contributed by atoms with Crippen LogP contribution in [0.15, 0.2) is 42.2 Å². The Morgan fingerprint density at radius 1 is 0.897 bits per heavy atom. The first-order valence-electron chi connectivity index (χ1n) is 8.49. The average molecular weight is 420 g/mol. The number of benzene rings is 2. The first-order chi connectivity index (χ1) is 13.6. The molecule has 9 heteroatoms. The molecule has 1 heterocycles. The first kappa shape index (κ1) is 21.3. The van der Waals surface area contributed by atoms with Gasteiger partial charge in [-0.05, 0) is 24.6 Å². The van der Waals surface area contributed by atoms with Crippen LogP contribution < -0.4 is 0 Å². The fourth-order valence-corrected chi connectivity index (χ4v) is 2.99. The number of halogens is 7. The quantitative estimate of drug-likeness (QED) is 0.532. The van der Waals surface area contributed by atoms with E-state index >= 15 is 0 Å². The Hall–Kier alpha value is -2.39. The molecule has 0 unspecified atom stereocenters. The van der Waals surface area contributed by atoms with Crippen LogP contribution in [0.25, 0.3) is 5.83 Å². The third-order valence-corrected chi connectivity index (χ3v) is 4.46. The molecule has 0 atom stereocenters.